The van der Waals surface area contributed by atoms with Gasteiger partial charge in [0.2, 0.25) is 0 Å². The molecular weight excluding hydrogens is 540 g/mol. The molecule has 8 aliphatic carbocycles. The fraction of sp³-hybridized carbons (Fsp3) is 1.00. The van der Waals surface area contributed by atoms with Gasteiger partial charge >= 0.3 is 0 Å². The van der Waals surface area contributed by atoms with Crippen LogP contribution in [0.1, 0.15) is 183 Å². The Labute approximate surface area is 281 Å². The zero-order valence-electron chi connectivity index (χ0n) is 31.1. The third-order valence-electron chi connectivity index (χ3n) is 20.0. The number of rotatable bonds is 6. The molecular formula is C45H76. The number of hydrogen-bond donors (Lipinski definition) is 0. The number of hydrogen-bond acceptors (Lipinski definition) is 0. The van der Waals surface area contributed by atoms with E-state index in [1.807, 2.05) is 0 Å². The third kappa shape index (κ3) is 4.89. The molecule has 256 valence electrons. The lowest BCUT2D eigenvalue weighted by Crippen LogP contribution is -2.50. The maximum Gasteiger partial charge on any atom is -0.0230 e. The predicted molar refractivity (Wildman–Crippen MR) is 192 cm³/mol. The third-order valence-corrected chi connectivity index (χ3v) is 20.0. The second-order valence-corrected chi connectivity index (χ2v) is 20.5. The molecule has 0 aromatic rings. The first-order valence-corrected chi connectivity index (χ1v) is 21.8. The largest absolute Gasteiger partial charge is 0.0649 e. The Balaban J connectivity index is 1.22. The molecule has 45 heavy (non-hydrogen) atoms. The molecule has 14 atom stereocenters. The Kier molecular flexibility index (Phi) is 8.66. The van der Waals surface area contributed by atoms with Crippen molar-refractivity contribution in [2.24, 2.45) is 99.1 Å². The van der Waals surface area contributed by atoms with Gasteiger partial charge in [0.1, 0.15) is 0 Å². The SMILES string of the molecule is CCC(C)(CC)C1CC(C(C)(CC)CC)CC2(C1)C1CCC3CCCCC3C1C1C3C(CCC12)CC1CC2CCCCC2CC13. The fourth-order valence-electron chi connectivity index (χ4n) is 16.9. The highest BCUT2D eigenvalue weighted by Gasteiger charge is 2.70. The van der Waals surface area contributed by atoms with E-state index in [0.717, 1.165) is 82.9 Å². The van der Waals surface area contributed by atoms with Crippen LogP contribution in [0.15, 0.2) is 0 Å². The van der Waals surface area contributed by atoms with Crippen LogP contribution in [0.3, 0.4) is 0 Å². The molecule has 8 aliphatic rings. The van der Waals surface area contributed by atoms with E-state index < -0.39 is 0 Å². The van der Waals surface area contributed by atoms with Crippen molar-refractivity contribution in [3.8, 4) is 0 Å². The first-order valence-electron chi connectivity index (χ1n) is 21.8. The Hall–Kier alpha value is 0. The van der Waals surface area contributed by atoms with Crippen molar-refractivity contribution in [2.75, 3.05) is 0 Å². The molecule has 0 aromatic heterocycles. The standard InChI is InChI=1S/C45H76/c1-7-43(5,8-2)34-26-35(44(6,9-3)10-4)28-45(27-34)38-21-19-29-15-13-14-18-36(29)41(38)42-39(45)22-20-32-24-33-23-30-16-11-12-17-31(30)25-37(33)40(32)42/h29-42H,7-28H2,1-6H3. The highest BCUT2D eigenvalue weighted by atomic mass is 14.7. The average molecular weight is 617 g/mol. The van der Waals surface area contributed by atoms with Crippen LogP contribution in [0.5, 0.6) is 0 Å². The van der Waals surface area contributed by atoms with E-state index in [9.17, 15) is 0 Å². The molecule has 0 bridgehead atoms. The summed E-state index contributed by atoms with van der Waals surface area (Å²) in [6.07, 6.45) is 34.6. The predicted octanol–water partition coefficient (Wildman–Crippen LogP) is 13.4. The number of fused-ring (bicyclic) bond motifs is 12. The van der Waals surface area contributed by atoms with Gasteiger partial charge in [0.05, 0.1) is 0 Å². The summed E-state index contributed by atoms with van der Waals surface area (Å²) < 4.78 is 0. The van der Waals surface area contributed by atoms with Crippen molar-refractivity contribution in [3.05, 3.63) is 0 Å². The minimum absolute atomic E-state index is 0.540. The van der Waals surface area contributed by atoms with Crippen molar-refractivity contribution in [2.45, 2.75) is 183 Å². The van der Waals surface area contributed by atoms with Crippen molar-refractivity contribution < 1.29 is 0 Å². The summed E-state index contributed by atoms with van der Waals surface area (Å²) in [4.78, 5) is 0. The van der Waals surface area contributed by atoms with Gasteiger partial charge in [-0.15, -0.1) is 0 Å². The first kappa shape index (κ1) is 32.2. The quantitative estimate of drug-likeness (QED) is 0.278. The molecule has 14 unspecified atom stereocenters. The van der Waals surface area contributed by atoms with Gasteiger partial charge in [-0.2, -0.15) is 0 Å². The lowest BCUT2D eigenvalue weighted by atomic mass is 9.46. The smallest absolute Gasteiger partial charge is 0.0230 e. The highest BCUT2D eigenvalue weighted by molar-refractivity contribution is 5.18. The van der Waals surface area contributed by atoms with Crippen LogP contribution in [0.2, 0.25) is 0 Å². The lowest BCUT2D eigenvalue weighted by molar-refractivity contribution is -0.0911. The zero-order chi connectivity index (χ0) is 31.1. The van der Waals surface area contributed by atoms with Gasteiger partial charge in [-0.1, -0.05) is 112 Å². The molecule has 0 amide bonds. The van der Waals surface area contributed by atoms with Gasteiger partial charge in [-0.3, -0.25) is 0 Å². The van der Waals surface area contributed by atoms with Gasteiger partial charge in [-0.05, 0) is 170 Å². The molecule has 0 saturated heterocycles. The Morgan fingerprint density at radius 2 is 0.956 bits per heavy atom. The average Bonchev–Trinajstić information content (AvgIpc) is 3.58. The molecule has 0 aromatic carbocycles. The van der Waals surface area contributed by atoms with E-state index in [-0.39, 0.29) is 0 Å². The molecule has 8 rings (SSSR count). The van der Waals surface area contributed by atoms with E-state index in [2.05, 4.69) is 41.5 Å². The fourth-order valence-corrected chi connectivity index (χ4v) is 16.9. The van der Waals surface area contributed by atoms with Crippen LogP contribution in [-0.2, 0) is 0 Å². The van der Waals surface area contributed by atoms with Gasteiger partial charge in [0.25, 0.3) is 0 Å². The topological polar surface area (TPSA) is 0 Å². The normalized spacial score (nSPS) is 51.1. The first-order chi connectivity index (χ1) is 21.8. The van der Waals surface area contributed by atoms with Gasteiger partial charge in [-0.25, -0.2) is 0 Å². The summed E-state index contributed by atoms with van der Waals surface area (Å²) in [5, 5.41) is 0. The maximum atomic E-state index is 2.76. The van der Waals surface area contributed by atoms with Crippen molar-refractivity contribution in [1.82, 2.24) is 0 Å². The van der Waals surface area contributed by atoms with E-state index in [4.69, 9.17) is 0 Å². The summed E-state index contributed by atoms with van der Waals surface area (Å²) in [6, 6.07) is 0. The molecule has 0 nitrogen and oxygen atoms in total. The van der Waals surface area contributed by atoms with E-state index >= 15 is 0 Å². The van der Waals surface area contributed by atoms with Gasteiger partial charge < -0.3 is 0 Å². The summed E-state index contributed by atoms with van der Waals surface area (Å²) in [5.41, 5.74) is 1.76. The molecule has 8 fully saturated rings. The van der Waals surface area contributed by atoms with E-state index in [1.165, 1.54) is 25.7 Å². The minimum atomic E-state index is 0.540. The van der Waals surface area contributed by atoms with Crippen molar-refractivity contribution in [1.29, 1.82) is 0 Å². The second kappa shape index (κ2) is 12.1. The lowest BCUT2D eigenvalue weighted by Gasteiger charge is -2.58. The Morgan fingerprint density at radius 1 is 0.444 bits per heavy atom. The molecule has 1 spiro atoms. The molecule has 0 radical (unpaired) electrons. The summed E-state index contributed by atoms with van der Waals surface area (Å²) >= 11 is 0. The summed E-state index contributed by atoms with van der Waals surface area (Å²) in [7, 11) is 0. The molecule has 0 heterocycles. The summed E-state index contributed by atoms with van der Waals surface area (Å²) in [6.45, 7) is 15.8. The summed E-state index contributed by atoms with van der Waals surface area (Å²) in [5.74, 6) is 15.3. The molecule has 0 aliphatic heterocycles. The van der Waals surface area contributed by atoms with Crippen LogP contribution in [0.25, 0.3) is 0 Å². The van der Waals surface area contributed by atoms with Gasteiger partial charge in [0.15, 0.2) is 0 Å². The van der Waals surface area contributed by atoms with E-state index in [0.29, 0.717) is 16.2 Å². The van der Waals surface area contributed by atoms with Crippen molar-refractivity contribution in [3.63, 3.8) is 0 Å². The van der Waals surface area contributed by atoms with Gasteiger partial charge in [0, 0.05) is 0 Å². The molecule has 8 saturated carbocycles. The van der Waals surface area contributed by atoms with E-state index in [1.54, 1.807) is 116 Å². The monoisotopic (exact) mass is 617 g/mol. The van der Waals surface area contributed by atoms with Crippen LogP contribution < -0.4 is 0 Å². The van der Waals surface area contributed by atoms with Crippen LogP contribution in [0.4, 0.5) is 0 Å². The molecule has 0 heteroatoms. The maximum absolute atomic E-state index is 2.76. The van der Waals surface area contributed by atoms with Crippen molar-refractivity contribution >= 4 is 0 Å². The zero-order valence-corrected chi connectivity index (χ0v) is 31.1. The van der Waals surface area contributed by atoms with Crippen LogP contribution >= 0.6 is 0 Å². The highest BCUT2D eigenvalue weighted by Crippen LogP contribution is 2.77. The Morgan fingerprint density at radius 3 is 1.58 bits per heavy atom. The van der Waals surface area contributed by atoms with Crippen LogP contribution in [-0.4, -0.2) is 0 Å². The van der Waals surface area contributed by atoms with Crippen LogP contribution in [0, 0.1) is 99.1 Å². The minimum Gasteiger partial charge on any atom is -0.0649 e. The molecule has 0 N–H and O–H groups in total. The second-order valence-electron chi connectivity index (χ2n) is 20.5. The Bertz CT molecular complexity index is 1000.